The molecule has 0 amide bonds. The van der Waals surface area contributed by atoms with Crippen LogP contribution in [0.15, 0.2) is 29.4 Å². The minimum atomic E-state index is 0.685. The average molecular weight is 249 g/mol. The van der Waals surface area contributed by atoms with Gasteiger partial charge in [-0.2, -0.15) is 5.10 Å². The molecule has 0 aliphatic rings. The van der Waals surface area contributed by atoms with Gasteiger partial charge in [-0.05, 0) is 30.7 Å². The molecule has 90 valence electrons. The van der Waals surface area contributed by atoms with Gasteiger partial charge in [-0.15, -0.1) is 11.8 Å². The lowest BCUT2D eigenvalue weighted by molar-refractivity contribution is 0.692. The quantitative estimate of drug-likeness (QED) is 0.490. The second kappa shape index (κ2) is 5.20. The van der Waals surface area contributed by atoms with Crippen LogP contribution in [-0.4, -0.2) is 14.8 Å². The summed E-state index contributed by atoms with van der Waals surface area (Å²) < 4.78 is 1.89. The largest absolute Gasteiger partial charge is 0.308 e. The van der Waals surface area contributed by atoms with Gasteiger partial charge in [0.25, 0.3) is 0 Å². The average Bonchev–Trinajstić information content (AvgIpc) is 2.65. The van der Waals surface area contributed by atoms with E-state index in [0.717, 1.165) is 16.5 Å². The van der Waals surface area contributed by atoms with Crippen molar-refractivity contribution in [2.75, 3.05) is 5.43 Å². The molecule has 2 aromatic rings. The predicted octanol–water partition coefficient (Wildman–Crippen LogP) is 1.70. The van der Waals surface area contributed by atoms with Crippen molar-refractivity contribution in [1.29, 1.82) is 0 Å². The third-order valence-electron chi connectivity index (χ3n) is 2.32. The van der Waals surface area contributed by atoms with Crippen molar-refractivity contribution in [2.45, 2.75) is 17.7 Å². The molecule has 0 radical (unpaired) electrons. The van der Waals surface area contributed by atoms with E-state index >= 15 is 0 Å². The van der Waals surface area contributed by atoms with Gasteiger partial charge in [0.15, 0.2) is 0 Å². The Balaban J connectivity index is 2.04. The second-order valence-electron chi connectivity index (χ2n) is 3.73. The molecule has 0 fully saturated rings. The SMILES string of the molecule is Cc1cc(SCc2ccnc(NN)c2)n(C)n1. The lowest BCUT2D eigenvalue weighted by Gasteiger charge is -2.04. The van der Waals surface area contributed by atoms with Crippen molar-refractivity contribution in [3.63, 3.8) is 0 Å². The van der Waals surface area contributed by atoms with E-state index in [4.69, 9.17) is 5.84 Å². The van der Waals surface area contributed by atoms with Crippen LogP contribution in [0.5, 0.6) is 0 Å². The van der Waals surface area contributed by atoms with Gasteiger partial charge in [0.2, 0.25) is 0 Å². The number of hydrazine groups is 1. The number of nitrogens with one attached hydrogen (secondary N) is 1. The first-order valence-corrected chi connectivity index (χ1v) is 6.22. The number of aromatic nitrogens is 3. The maximum atomic E-state index is 5.32. The van der Waals surface area contributed by atoms with E-state index in [9.17, 15) is 0 Å². The van der Waals surface area contributed by atoms with Crippen LogP contribution in [0.2, 0.25) is 0 Å². The number of rotatable bonds is 4. The van der Waals surface area contributed by atoms with Crippen LogP contribution in [0.3, 0.4) is 0 Å². The van der Waals surface area contributed by atoms with Gasteiger partial charge in [-0.3, -0.25) is 4.68 Å². The Morgan fingerprint density at radius 1 is 1.47 bits per heavy atom. The molecule has 2 aromatic heterocycles. The van der Waals surface area contributed by atoms with Crippen molar-refractivity contribution in [2.24, 2.45) is 12.9 Å². The fraction of sp³-hybridized carbons (Fsp3) is 0.273. The predicted molar refractivity (Wildman–Crippen MR) is 69.6 cm³/mol. The highest BCUT2D eigenvalue weighted by Gasteiger charge is 2.03. The number of hydrogen-bond donors (Lipinski definition) is 2. The van der Waals surface area contributed by atoms with Crippen LogP contribution in [-0.2, 0) is 12.8 Å². The molecular weight excluding hydrogens is 234 g/mol. The molecule has 0 saturated carbocycles. The molecule has 2 heterocycles. The van der Waals surface area contributed by atoms with E-state index in [1.54, 1.807) is 18.0 Å². The molecule has 0 bridgehead atoms. The summed E-state index contributed by atoms with van der Waals surface area (Å²) in [7, 11) is 1.95. The lowest BCUT2D eigenvalue weighted by atomic mass is 10.3. The standard InChI is InChI=1S/C11H15N5S/c1-8-5-11(16(2)15-8)17-7-9-3-4-13-10(6-9)14-12/h3-6H,7,12H2,1-2H3,(H,13,14). The summed E-state index contributed by atoms with van der Waals surface area (Å²) in [5, 5.41) is 5.46. The Morgan fingerprint density at radius 3 is 2.94 bits per heavy atom. The summed E-state index contributed by atoms with van der Waals surface area (Å²) in [4.78, 5) is 4.07. The van der Waals surface area contributed by atoms with Gasteiger partial charge in [-0.25, -0.2) is 10.8 Å². The molecule has 0 spiro atoms. The summed E-state index contributed by atoms with van der Waals surface area (Å²) in [5.74, 6) is 6.88. The van der Waals surface area contributed by atoms with Crippen molar-refractivity contribution >= 4 is 17.6 Å². The van der Waals surface area contributed by atoms with Crippen LogP contribution in [0.25, 0.3) is 0 Å². The van der Waals surface area contributed by atoms with Crippen LogP contribution in [0.4, 0.5) is 5.82 Å². The monoisotopic (exact) mass is 249 g/mol. The molecule has 0 aliphatic heterocycles. The minimum absolute atomic E-state index is 0.685. The molecule has 0 atom stereocenters. The first kappa shape index (κ1) is 11.9. The highest BCUT2D eigenvalue weighted by Crippen LogP contribution is 2.23. The third kappa shape index (κ3) is 2.98. The number of thioether (sulfide) groups is 1. The molecule has 0 unspecified atom stereocenters. The van der Waals surface area contributed by atoms with Gasteiger partial charge >= 0.3 is 0 Å². The van der Waals surface area contributed by atoms with Crippen molar-refractivity contribution < 1.29 is 0 Å². The van der Waals surface area contributed by atoms with Crippen LogP contribution in [0, 0.1) is 6.92 Å². The molecule has 2 rings (SSSR count). The van der Waals surface area contributed by atoms with E-state index in [1.165, 1.54) is 5.56 Å². The van der Waals surface area contributed by atoms with Gasteiger partial charge < -0.3 is 5.43 Å². The van der Waals surface area contributed by atoms with Crippen molar-refractivity contribution in [3.8, 4) is 0 Å². The van der Waals surface area contributed by atoms with Crippen molar-refractivity contribution in [1.82, 2.24) is 14.8 Å². The molecule has 0 aromatic carbocycles. The van der Waals surface area contributed by atoms with Gasteiger partial charge in [0.05, 0.1) is 10.7 Å². The molecule has 17 heavy (non-hydrogen) atoms. The molecule has 5 nitrogen and oxygen atoms in total. The molecule has 0 saturated heterocycles. The fourth-order valence-electron chi connectivity index (χ4n) is 1.52. The molecule has 3 N–H and O–H groups in total. The summed E-state index contributed by atoms with van der Waals surface area (Å²) in [6.45, 7) is 1.99. The molecule has 6 heteroatoms. The summed E-state index contributed by atoms with van der Waals surface area (Å²) >= 11 is 1.74. The molecular formula is C11H15N5S. The Kier molecular flexibility index (Phi) is 3.65. The number of nitrogens with zero attached hydrogens (tertiary/aromatic N) is 3. The Bertz CT molecular complexity index is 508. The van der Waals surface area contributed by atoms with E-state index in [-0.39, 0.29) is 0 Å². The van der Waals surface area contributed by atoms with Crippen LogP contribution in [0.1, 0.15) is 11.3 Å². The zero-order valence-electron chi connectivity index (χ0n) is 9.84. The topological polar surface area (TPSA) is 68.8 Å². The first-order valence-electron chi connectivity index (χ1n) is 5.24. The van der Waals surface area contributed by atoms with Crippen LogP contribution < -0.4 is 11.3 Å². The number of aryl methyl sites for hydroxylation is 2. The number of anilines is 1. The summed E-state index contributed by atoms with van der Waals surface area (Å²) in [6, 6.07) is 6.00. The van der Waals surface area contributed by atoms with E-state index in [0.29, 0.717) is 5.82 Å². The maximum Gasteiger partial charge on any atom is 0.140 e. The zero-order valence-corrected chi connectivity index (χ0v) is 10.7. The zero-order chi connectivity index (χ0) is 12.3. The highest BCUT2D eigenvalue weighted by atomic mass is 32.2. The number of nitrogen functional groups attached to an aromatic ring is 1. The Labute approximate surface area is 104 Å². The van der Waals surface area contributed by atoms with Crippen molar-refractivity contribution in [3.05, 3.63) is 35.7 Å². The van der Waals surface area contributed by atoms with Gasteiger partial charge in [0.1, 0.15) is 5.82 Å². The smallest absolute Gasteiger partial charge is 0.140 e. The second-order valence-corrected chi connectivity index (χ2v) is 4.73. The fourth-order valence-corrected chi connectivity index (χ4v) is 2.50. The molecule has 0 aliphatic carbocycles. The van der Waals surface area contributed by atoms with Gasteiger partial charge in [-0.1, -0.05) is 0 Å². The third-order valence-corrected chi connectivity index (χ3v) is 3.47. The minimum Gasteiger partial charge on any atom is -0.308 e. The van der Waals surface area contributed by atoms with Crippen LogP contribution >= 0.6 is 11.8 Å². The Morgan fingerprint density at radius 2 is 2.29 bits per heavy atom. The normalized spacial score (nSPS) is 10.5. The number of hydrogen-bond acceptors (Lipinski definition) is 5. The van der Waals surface area contributed by atoms with Gasteiger partial charge in [0, 0.05) is 19.0 Å². The summed E-state index contributed by atoms with van der Waals surface area (Å²) in [5.41, 5.74) is 4.76. The van der Waals surface area contributed by atoms with E-state index in [2.05, 4.69) is 21.6 Å². The highest BCUT2D eigenvalue weighted by molar-refractivity contribution is 7.98. The number of pyridine rings is 1. The maximum absolute atomic E-state index is 5.32. The first-order chi connectivity index (χ1) is 8.19. The summed E-state index contributed by atoms with van der Waals surface area (Å²) in [6.07, 6.45) is 1.75. The number of nitrogens with two attached hydrogens (primary N) is 1. The Hall–Kier alpha value is -1.53. The van der Waals surface area contributed by atoms with E-state index in [1.807, 2.05) is 30.8 Å². The lowest BCUT2D eigenvalue weighted by Crippen LogP contribution is -2.08. The van der Waals surface area contributed by atoms with E-state index < -0.39 is 0 Å².